The third kappa shape index (κ3) is 4.26. The summed E-state index contributed by atoms with van der Waals surface area (Å²) in [4.78, 5) is 12.7. The van der Waals surface area contributed by atoms with E-state index in [4.69, 9.17) is 14.6 Å². The summed E-state index contributed by atoms with van der Waals surface area (Å²) in [6.45, 7) is 0. The number of fused-ring (bicyclic) bond motifs is 1. The summed E-state index contributed by atoms with van der Waals surface area (Å²) >= 11 is 0. The van der Waals surface area contributed by atoms with Gasteiger partial charge in [0, 0.05) is 18.0 Å². The maximum absolute atomic E-state index is 13.4. The number of hydrogen-bond acceptors (Lipinski definition) is 4. The van der Waals surface area contributed by atoms with Crippen molar-refractivity contribution in [3.05, 3.63) is 89.8 Å². The van der Waals surface area contributed by atoms with Crippen LogP contribution in [0.4, 0.5) is 4.39 Å². The number of furan rings is 1. The van der Waals surface area contributed by atoms with E-state index in [1.165, 1.54) is 18.2 Å². The highest BCUT2D eigenvalue weighted by Crippen LogP contribution is 2.36. The fourth-order valence-electron chi connectivity index (χ4n) is 3.42. The Labute approximate surface area is 178 Å². The monoisotopic (exact) mass is 417 g/mol. The van der Waals surface area contributed by atoms with Gasteiger partial charge in [-0.1, -0.05) is 36.4 Å². The number of benzene rings is 3. The van der Waals surface area contributed by atoms with Crippen molar-refractivity contribution in [1.29, 1.82) is 0 Å². The molecule has 0 aliphatic heterocycles. The molecule has 0 unspecified atom stereocenters. The van der Waals surface area contributed by atoms with Gasteiger partial charge in [-0.15, -0.1) is 0 Å². The number of aliphatic hydroxyl groups excluding tert-OH is 1. The van der Waals surface area contributed by atoms with Crippen LogP contribution in [0.3, 0.4) is 0 Å². The minimum absolute atomic E-state index is 0.293. The highest BCUT2D eigenvalue weighted by molar-refractivity contribution is 6.11. The summed E-state index contributed by atoms with van der Waals surface area (Å²) in [5, 5.41) is 21.2. The summed E-state index contributed by atoms with van der Waals surface area (Å²) in [5.74, 6) is -0.275. The van der Waals surface area contributed by atoms with E-state index in [9.17, 15) is 9.18 Å². The van der Waals surface area contributed by atoms with Crippen molar-refractivity contribution in [2.75, 3.05) is 7.05 Å². The first-order valence-electron chi connectivity index (χ1n) is 9.65. The Hall–Kier alpha value is -3.74. The van der Waals surface area contributed by atoms with Gasteiger partial charge in [0.25, 0.3) is 5.91 Å². The summed E-state index contributed by atoms with van der Waals surface area (Å²) in [5.41, 5.74) is 4.20. The second kappa shape index (κ2) is 8.55. The third-order valence-corrected chi connectivity index (χ3v) is 4.95. The number of aliphatic hydroxyl groups is 2. The zero-order valence-corrected chi connectivity index (χ0v) is 16.7. The Morgan fingerprint density at radius 1 is 0.968 bits per heavy atom. The summed E-state index contributed by atoms with van der Waals surface area (Å²) < 4.78 is 19.3. The maximum atomic E-state index is 13.4. The van der Waals surface area contributed by atoms with Gasteiger partial charge >= 0.3 is 0 Å². The third-order valence-electron chi connectivity index (χ3n) is 4.95. The second-order valence-electron chi connectivity index (χ2n) is 7.00. The summed E-state index contributed by atoms with van der Waals surface area (Å²) in [7, 11) is 1.55. The number of halogens is 1. The Balaban J connectivity index is 1.79. The minimum atomic E-state index is -1.50. The van der Waals surface area contributed by atoms with E-state index in [0.29, 0.717) is 27.9 Å². The maximum Gasteiger partial charge on any atom is 0.255 e. The summed E-state index contributed by atoms with van der Waals surface area (Å²) in [6, 6.07) is 18.9. The van der Waals surface area contributed by atoms with E-state index >= 15 is 0 Å². The molecule has 0 saturated carbocycles. The highest BCUT2D eigenvalue weighted by Gasteiger charge is 2.22. The Kier molecular flexibility index (Phi) is 5.66. The zero-order valence-electron chi connectivity index (χ0n) is 16.7. The molecule has 0 spiro atoms. The number of carbonyl (C=O) groups excluding carboxylic acids is 1. The van der Waals surface area contributed by atoms with Crippen LogP contribution >= 0.6 is 0 Å². The molecule has 0 atom stereocenters. The van der Waals surface area contributed by atoms with Crippen LogP contribution in [0.15, 0.2) is 77.2 Å². The number of hydrogen-bond donors (Lipinski definition) is 3. The lowest BCUT2D eigenvalue weighted by molar-refractivity contribution is 0.00303. The molecule has 0 aliphatic carbocycles. The largest absolute Gasteiger partial charge is 0.455 e. The predicted octanol–water partition coefficient (Wildman–Crippen LogP) is 4.59. The van der Waals surface area contributed by atoms with Crippen molar-refractivity contribution in [2.24, 2.45) is 0 Å². The molecule has 4 aromatic rings. The fraction of sp³-hybridized carbons (Fsp3) is 0.0800. The average Bonchev–Trinajstić information content (AvgIpc) is 3.16. The molecule has 6 heteroatoms. The van der Waals surface area contributed by atoms with E-state index in [1.54, 1.807) is 31.3 Å². The zero-order chi connectivity index (χ0) is 22.0. The fourth-order valence-corrected chi connectivity index (χ4v) is 3.42. The molecule has 156 valence electrons. The molecule has 1 aromatic heterocycles. The quantitative estimate of drug-likeness (QED) is 0.415. The van der Waals surface area contributed by atoms with E-state index in [1.807, 2.05) is 36.4 Å². The van der Waals surface area contributed by atoms with Crippen molar-refractivity contribution in [2.45, 2.75) is 6.29 Å². The van der Waals surface area contributed by atoms with Crippen LogP contribution < -0.4 is 5.32 Å². The van der Waals surface area contributed by atoms with Crippen LogP contribution in [-0.4, -0.2) is 29.5 Å². The van der Waals surface area contributed by atoms with Gasteiger partial charge in [0.05, 0.1) is 5.56 Å². The topological polar surface area (TPSA) is 82.7 Å². The molecule has 0 aliphatic rings. The highest BCUT2D eigenvalue weighted by atomic mass is 19.1. The summed E-state index contributed by atoms with van der Waals surface area (Å²) in [6.07, 6.45) is 1.40. The number of nitrogens with one attached hydrogen (secondary N) is 1. The number of rotatable bonds is 5. The molecule has 5 nitrogen and oxygen atoms in total. The van der Waals surface area contributed by atoms with Gasteiger partial charge in [0.2, 0.25) is 0 Å². The molecule has 3 N–H and O–H groups in total. The number of amides is 1. The van der Waals surface area contributed by atoms with Crippen molar-refractivity contribution in [1.82, 2.24) is 5.32 Å². The molecule has 0 radical (unpaired) electrons. The lowest BCUT2D eigenvalue weighted by atomic mass is 9.99. The Morgan fingerprint density at radius 2 is 1.61 bits per heavy atom. The Bertz CT molecular complexity index is 1260. The first kappa shape index (κ1) is 20.5. The first-order chi connectivity index (χ1) is 15.0. The van der Waals surface area contributed by atoms with Gasteiger partial charge in [-0.2, -0.15) is 0 Å². The molecule has 3 aromatic carbocycles. The standard InChI is InChI=1S/C25H20FNO4/c1-27-25(30)23-20-14-18(16-5-2-15(3-6-16)4-13-22(28)29)9-12-21(20)31-24(23)17-7-10-19(26)11-8-17/h2-14,22,28-29H,1H3,(H,27,30). The molecular formula is C25H20FNO4. The molecular weight excluding hydrogens is 397 g/mol. The SMILES string of the molecule is CNC(=O)c1c(-c2ccc(F)cc2)oc2ccc(-c3ccc(C=CC(O)O)cc3)cc12. The molecule has 31 heavy (non-hydrogen) atoms. The van der Waals surface area contributed by atoms with Gasteiger partial charge in [-0.05, 0) is 59.2 Å². The van der Waals surface area contributed by atoms with Crippen LogP contribution in [0.25, 0.3) is 39.5 Å². The molecule has 1 amide bonds. The van der Waals surface area contributed by atoms with Crippen LogP contribution in [0.1, 0.15) is 15.9 Å². The van der Waals surface area contributed by atoms with Crippen LogP contribution in [0.5, 0.6) is 0 Å². The van der Waals surface area contributed by atoms with Gasteiger partial charge < -0.3 is 19.9 Å². The molecule has 0 bridgehead atoms. The average molecular weight is 417 g/mol. The van der Waals surface area contributed by atoms with Crippen molar-refractivity contribution in [3.8, 4) is 22.5 Å². The lowest BCUT2D eigenvalue weighted by Crippen LogP contribution is -2.18. The lowest BCUT2D eigenvalue weighted by Gasteiger charge is -2.05. The first-order valence-corrected chi connectivity index (χ1v) is 9.65. The van der Waals surface area contributed by atoms with E-state index in [0.717, 1.165) is 16.7 Å². The van der Waals surface area contributed by atoms with E-state index in [-0.39, 0.29) is 11.7 Å². The molecule has 1 heterocycles. The van der Waals surface area contributed by atoms with E-state index in [2.05, 4.69) is 5.32 Å². The second-order valence-corrected chi connectivity index (χ2v) is 7.00. The normalized spacial score (nSPS) is 11.5. The predicted molar refractivity (Wildman–Crippen MR) is 118 cm³/mol. The van der Waals surface area contributed by atoms with Gasteiger partial charge in [-0.3, -0.25) is 4.79 Å². The molecule has 0 saturated heterocycles. The molecule has 0 fully saturated rings. The smallest absolute Gasteiger partial charge is 0.255 e. The van der Waals surface area contributed by atoms with Crippen LogP contribution in [0.2, 0.25) is 0 Å². The van der Waals surface area contributed by atoms with Crippen LogP contribution in [0, 0.1) is 5.82 Å². The minimum Gasteiger partial charge on any atom is -0.455 e. The van der Waals surface area contributed by atoms with Crippen molar-refractivity contribution >= 4 is 23.0 Å². The number of carbonyl (C=O) groups is 1. The van der Waals surface area contributed by atoms with Crippen molar-refractivity contribution in [3.63, 3.8) is 0 Å². The van der Waals surface area contributed by atoms with Gasteiger partial charge in [0.1, 0.15) is 17.2 Å². The van der Waals surface area contributed by atoms with Gasteiger partial charge in [0.15, 0.2) is 6.29 Å². The van der Waals surface area contributed by atoms with Gasteiger partial charge in [-0.25, -0.2) is 4.39 Å². The van der Waals surface area contributed by atoms with Crippen molar-refractivity contribution < 1.29 is 23.8 Å². The molecule has 4 rings (SSSR count). The van der Waals surface area contributed by atoms with E-state index < -0.39 is 6.29 Å². The van der Waals surface area contributed by atoms with Crippen LogP contribution in [-0.2, 0) is 0 Å². The Morgan fingerprint density at radius 3 is 2.26 bits per heavy atom.